The summed E-state index contributed by atoms with van der Waals surface area (Å²) in [6, 6.07) is 29.3. The maximum atomic E-state index is 12.3. The van der Waals surface area contributed by atoms with E-state index in [-0.39, 0.29) is 0 Å². The molecule has 0 fully saturated rings. The van der Waals surface area contributed by atoms with Gasteiger partial charge in [-0.2, -0.15) is 0 Å². The van der Waals surface area contributed by atoms with E-state index in [9.17, 15) is 9.90 Å². The topological polar surface area (TPSA) is 52.9 Å². The molecule has 0 bridgehead atoms. The van der Waals surface area contributed by atoms with Gasteiger partial charge < -0.3 is 10.0 Å². The Hall–Kier alpha value is -3.40. The summed E-state index contributed by atoms with van der Waals surface area (Å²) >= 11 is 0. The molecule has 1 aliphatic heterocycles. The molecule has 1 N–H and O–H groups in total. The molecule has 140 valence electrons. The SMILES string of the molecule is C[C@]1(C(=O)O)N=C(c2ccccc2)N(Cc2ccccc2)[C@H]1c1ccccc1. The van der Waals surface area contributed by atoms with Crippen molar-refractivity contribution in [2.24, 2.45) is 4.99 Å². The van der Waals surface area contributed by atoms with E-state index in [1.165, 1.54) is 0 Å². The van der Waals surface area contributed by atoms with Crippen LogP contribution in [0.3, 0.4) is 0 Å². The van der Waals surface area contributed by atoms with Crippen LogP contribution >= 0.6 is 0 Å². The Kier molecular flexibility index (Phi) is 4.70. The van der Waals surface area contributed by atoms with Gasteiger partial charge in [0.05, 0.1) is 6.04 Å². The van der Waals surface area contributed by atoms with Crippen molar-refractivity contribution >= 4 is 11.8 Å². The number of nitrogens with zero attached hydrogens (tertiary/aromatic N) is 2. The lowest BCUT2D eigenvalue weighted by Crippen LogP contribution is -2.43. The minimum atomic E-state index is -1.28. The number of aliphatic carboxylic acids is 1. The lowest BCUT2D eigenvalue weighted by molar-refractivity contribution is -0.144. The molecule has 0 aromatic heterocycles. The third kappa shape index (κ3) is 3.18. The molecule has 1 heterocycles. The molecule has 0 amide bonds. The molecule has 3 aromatic rings. The summed E-state index contributed by atoms with van der Waals surface area (Å²) in [7, 11) is 0. The third-order valence-electron chi connectivity index (χ3n) is 5.23. The Morgan fingerprint density at radius 2 is 1.46 bits per heavy atom. The van der Waals surface area contributed by atoms with Gasteiger partial charge in [0.1, 0.15) is 5.84 Å². The Morgan fingerprint density at radius 1 is 0.929 bits per heavy atom. The van der Waals surface area contributed by atoms with E-state index in [0.29, 0.717) is 12.4 Å². The minimum absolute atomic E-state index is 0.401. The lowest BCUT2D eigenvalue weighted by Gasteiger charge is -2.34. The largest absolute Gasteiger partial charge is 0.479 e. The number of benzene rings is 3. The predicted octanol–water partition coefficient (Wildman–Crippen LogP) is 4.53. The monoisotopic (exact) mass is 370 g/mol. The quantitative estimate of drug-likeness (QED) is 0.718. The van der Waals surface area contributed by atoms with E-state index in [1.807, 2.05) is 78.9 Å². The molecule has 0 aliphatic carbocycles. The molecule has 0 radical (unpaired) electrons. The zero-order valence-electron chi connectivity index (χ0n) is 15.7. The van der Waals surface area contributed by atoms with Gasteiger partial charge in [-0.25, -0.2) is 9.79 Å². The molecule has 4 rings (SSSR count). The van der Waals surface area contributed by atoms with Crippen LogP contribution in [0.2, 0.25) is 0 Å². The molecule has 4 heteroatoms. The van der Waals surface area contributed by atoms with E-state index in [1.54, 1.807) is 6.92 Å². The zero-order chi connectivity index (χ0) is 19.6. The van der Waals surface area contributed by atoms with Crippen molar-refractivity contribution < 1.29 is 9.90 Å². The molecular formula is C24H22N2O2. The average molecular weight is 370 g/mol. The molecule has 0 saturated carbocycles. The molecule has 0 saturated heterocycles. The van der Waals surface area contributed by atoms with Crippen molar-refractivity contribution in [2.45, 2.75) is 25.0 Å². The van der Waals surface area contributed by atoms with Crippen LogP contribution in [0.4, 0.5) is 0 Å². The second kappa shape index (κ2) is 7.31. The van der Waals surface area contributed by atoms with Gasteiger partial charge in [0, 0.05) is 12.1 Å². The lowest BCUT2D eigenvalue weighted by atomic mass is 9.87. The number of aliphatic imine (C=N–C) groups is 1. The summed E-state index contributed by atoms with van der Waals surface area (Å²) in [6.07, 6.45) is 0. The fourth-order valence-electron chi connectivity index (χ4n) is 3.84. The van der Waals surface area contributed by atoms with Crippen molar-refractivity contribution in [1.82, 2.24) is 4.90 Å². The van der Waals surface area contributed by atoms with Crippen LogP contribution < -0.4 is 0 Å². The number of hydrogen-bond donors (Lipinski definition) is 1. The van der Waals surface area contributed by atoms with E-state index in [2.05, 4.69) is 17.0 Å². The van der Waals surface area contributed by atoms with Gasteiger partial charge in [-0.3, -0.25) is 0 Å². The third-order valence-corrected chi connectivity index (χ3v) is 5.23. The molecule has 3 aromatic carbocycles. The van der Waals surface area contributed by atoms with Crippen LogP contribution in [0.15, 0.2) is 96.0 Å². The Balaban J connectivity index is 1.87. The number of amidine groups is 1. The van der Waals surface area contributed by atoms with Crippen LogP contribution in [0, 0.1) is 0 Å². The van der Waals surface area contributed by atoms with Gasteiger partial charge in [0.25, 0.3) is 0 Å². The van der Waals surface area contributed by atoms with Gasteiger partial charge in [-0.05, 0) is 18.1 Å². The highest BCUT2D eigenvalue weighted by molar-refractivity contribution is 6.03. The van der Waals surface area contributed by atoms with Gasteiger partial charge in [0.15, 0.2) is 5.54 Å². The van der Waals surface area contributed by atoms with E-state index >= 15 is 0 Å². The highest BCUT2D eigenvalue weighted by atomic mass is 16.4. The first kappa shape index (κ1) is 18.0. The van der Waals surface area contributed by atoms with Crippen molar-refractivity contribution in [3.05, 3.63) is 108 Å². The first-order chi connectivity index (χ1) is 13.6. The summed E-state index contributed by atoms with van der Waals surface area (Å²) in [5.74, 6) is -0.214. The number of carboxylic acids is 1. The molecule has 4 nitrogen and oxygen atoms in total. The van der Waals surface area contributed by atoms with Crippen molar-refractivity contribution in [2.75, 3.05) is 0 Å². The Bertz CT molecular complexity index is 987. The minimum Gasteiger partial charge on any atom is -0.479 e. The van der Waals surface area contributed by atoms with Crippen LogP contribution in [0.5, 0.6) is 0 Å². The zero-order valence-corrected chi connectivity index (χ0v) is 15.7. The van der Waals surface area contributed by atoms with Crippen LogP contribution in [-0.2, 0) is 11.3 Å². The van der Waals surface area contributed by atoms with E-state index in [0.717, 1.165) is 16.7 Å². The van der Waals surface area contributed by atoms with Crippen LogP contribution in [0.1, 0.15) is 29.7 Å². The van der Waals surface area contributed by atoms with E-state index in [4.69, 9.17) is 4.99 Å². The van der Waals surface area contributed by atoms with Crippen molar-refractivity contribution in [3.63, 3.8) is 0 Å². The normalized spacial score (nSPS) is 21.4. The fourth-order valence-corrected chi connectivity index (χ4v) is 3.84. The van der Waals surface area contributed by atoms with Crippen molar-refractivity contribution in [3.8, 4) is 0 Å². The Morgan fingerprint density at radius 3 is 2.04 bits per heavy atom. The number of carboxylic acid groups (broad SMARTS) is 1. The summed E-state index contributed by atoms with van der Waals surface area (Å²) in [5, 5.41) is 10.1. The Labute approximate surface area is 164 Å². The maximum Gasteiger partial charge on any atom is 0.333 e. The van der Waals surface area contributed by atoms with Gasteiger partial charge >= 0.3 is 5.97 Å². The van der Waals surface area contributed by atoms with E-state index < -0.39 is 17.6 Å². The summed E-state index contributed by atoms with van der Waals surface area (Å²) < 4.78 is 0. The second-order valence-corrected chi connectivity index (χ2v) is 7.18. The first-order valence-electron chi connectivity index (χ1n) is 9.34. The molecular weight excluding hydrogens is 348 g/mol. The maximum absolute atomic E-state index is 12.3. The molecule has 2 atom stereocenters. The predicted molar refractivity (Wildman–Crippen MR) is 110 cm³/mol. The number of carbonyl (C=O) groups is 1. The summed E-state index contributed by atoms with van der Waals surface area (Å²) in [6.45, 7) is 2.29. The smallest absolute Gasteiger partial charge is 0.333 e. The van der Waals surface area contributed by atoms with Crippen LogP contribution in [0.25, 0.3) is 0 Å². The molecule has 1 aliphatic rings. The standard InChI is InChI=1S/C24H22N2O2/c1-24(23(27)28)21(19-13-7-3-8-14-19)26(17-18-11-5-2-6-12-18)22(25-24)20-15-9-4-10-16-20/h2-16,21H,17H2,1H3,(H,27,28)/t21-,24-/m0/s1. The van der Waals surface area contributed by atoms with Gasteiger partial charge in [-0.15, -0.1) is 0 Å². The number of rotatable bonds is 5. The molecule has 0 spiro atoms. The highest BCUT2D eigenvalue weighted by Gasteiger charge is 2.51. The average Bonchev–Trinajstić information content (AvgIpc) is 3.03. The summed E-state index contributed by atoms with van der Waals surface area (Å²) in [4.78, 5) is 19.2. The fraction of sp³-hybridized carbons (Fsp3) is 0.167. The second-order valence-electron chi connectivity index (χ2n) is 7.18. The van der Waals surface area contributed by atoms with Crippen LogP contribution in [-0.4, -0.2) is 27.4 Å². The van der Waals surface area contributed by atoms with Gasteiger partial charge in [0.2, 0.25) is 0 Å². The van der Waals surface area contributed by atoms with Gasteiger partial charge in [-0.1, -0.05) is 91.0 Å². The highest BCUT2D eigenvalue weighted by Crippen LogP contribution is 2.42. The molecule has 28 heavy (non-hydrogen) atoms. The molecule has 0 unspecified atom stereocenters. The number of hydrogen-bond acceptors (Lipinski definition) is 3. The summed E-state index contributed by atoms with van der Waals surface area (Å²) in [5.41, 5.74) is 1.70. The van der Waals surface area contributed by atoms with Crippen molar-refractivity contribution in [1.29, 1.82) is 0 Å². The first-order valence-corrected chi connectivity index (χ1v) is 9.34.